The first-order valence-electron chi connectivity index (χ1n) is 13.3. The first-order chi connectivity index (χ1) is 19.7. The summed E-state index contributed by atoms with van der Waals surface area (Å²) in [6, 6.07) is 52.7. The van der Waals surface area contributed by atoms with Crippen LogP contribution in [0, 0.1) is 0 Å². The first kappa shape index (κ1) is 25.0. The van der Waals surface area contributed by atoms with Gasteiger partial charge in [0.15, 0.2) is 0 Å². The highest BCUT2D eigenvalue weighted by atomic mass is 16.3. The lowest BCUT2D eigenvalue weighted by Crippen LogP contribution is -2.01. The SMILES string of the molecule is Oc1ccc(-c2ccccc2C(=C(c2ccccc2)c2ccccc2)c2ccccc2-c2ccc(O)cc2)cc1. The average molecular weight is 517 g/mol. The Morgan fingerprint density at radius 2 is 0.675 bits per heavy atom. The highest BCUT2D eigenvalue weighted by molar-refractivity contribution is 6.09. The topological polar surface area (TPSA) is 40.5 Å². The van der Waals surface area contributed by atoms with Crippen LogP contribution in [0.1, 0.15) is 22.3 Å². The standard InChI is InChI=1S/C38H28O2/c39-31-23-19-27(20-24-31)33-15-7-9-17-35(33)38(36-18-10-8-16-34(36)28-21-25-32(40)26-22-28)37(29-11-3-1-4-12-29)30-13-5-2-6-14-30/h1-26,39-40H. The van der Waals surface area contributed by atoms with E-state index in [4.69, 9.17) is 0 Å². The molecule has 6 aromatic carbocycles. The fraction of sp³-hybridized carbons (Fsp3) is 0. The highest BCUT2D eigenvalue weighted by Gasteiger charge is 2.21. The molecule has 0 spiro atoms. The van der Waals surface area contributed by atoms with Crippen LogP contribution in [0.5, 0.6) is 11.5 Å². The van der Waals surface area contributed by atoms with Crippen LogP contribution in [-0.4, -0.2) is 10.2 Å². The molecule has 0 aliphatic heterocycles. The summed E-state index contributed by atoms with van der Waals surface area (Å²) >= 11 is 0. The van der Waals surface area contributed by atoms with Crippen molar-refractivity contribution in [3.63, 3.8) is 0 Å². The summed E-state index contributed by atoms with van der Waals surface area (Å²) in [4.78, 5) is 0. The van der Waals surface area contributed by atoms with Gasteiger partial charge in [0.2, 0.25) is 0 Å². The van der Waals surface area contributed by atoms with E-state index in [-0.39, 0.29) is 11.5 Å². The summed E-state index contributed by atoms with van der Waals surface area (Å²) in [6.07, 6.45) is 0. The van der Waals surface area contributed by atoms with Gasteiger partial charge >= 0.3 is 0 Å². The van der Waals surface area contributed by atoms with Gasteiger partial charge in [-0.2, -0.15) is 0 Å². The number of rotatable bonds is 6. The van der Waals surface area contributed by atoms with E-state index in [1.165, 1.54) is 0 Å². The molecule has 192 valence electrons. The molecule has 2 heteroatoms. The Morgan fingerprint density at radius 3 is 1.07 bits per heavy atom. The maximum absolute atomic E-state index is 10.0. The van der Waals surface area contributed by atoms with Crippen molar-refractivity contribution in [1.82, 2.24) is 0 Å². The van der Waals surface area contributed by atoms with Gasteiger partial charge < -0.3 is 10.2 Å². The summed E-state index contributed by atoms with van der Waals surface area (Å²) in [5, 5.41) is 20.0. The van der Waals surface area contributed by atoms with Gasteiger partial charge in [0.05, 0.1) is 0 Å². The van der Waals surface area contributed by atoms with E-state index in [0.717, 1.165) is 55.7 Å². The number of hydrogen-bond acceptors (Lipinski definition) is 2. The second-order valence-corrected chi connectivity index (χ2v) is 9.67. The monoisotopic (exact) mass is 516 g/mol. The quantitative estimate of drug-likeness (QED) is 0.216. The van der Waals surface area contributed by atoms with E-state index in [9.17, 15) is 10.2 Å². The second kappa shape index (κ2) is 11.2. The number of benzene rings is 6. The summed E-state index contributed by atoms with van der Waals surface area (Å²) in [5.74, 6) is 0.480. The Balaban J connectivity index is 1.75. The van der Waals surface area contributed by atoms with Crippen molar-refractivity contribution < 1.29 is 10.2 Å². The molecule has 0 saturated carbocycles. The fourth-order valence-corrected chi connectivity index (χ4v) is 5.27. The van der Waals surface area contributed by atoms with Crippen LogP contribution in [0.25, 0.3) is 33.4 Å². The maximum Gasteiger partial charge on any atom is 0.115 e. The lowest BCUT2D eigenvalue weighted by atomic mass is 9.80. The molecule has 2 N–H and O–H groups in total. The van der Waals surface area contributed by atoms with Crippen LogP contribution in [0.3, 0.4) is 0 Å². The van der Waals surface area contributed by atoms with Crippen LogP contribution in [0.15, 0.2) is 158 Å². The molecule has 6 aromatic rings. The predicted octanol–water partition coefficient (Wildman–Crippen LogP) is 9.44. The van der Waals surface area contributed by atoms with Crippen LogP contribution in [0.4, 0.5) is 0 Å². The normalized spacial score (nSPS) is 10.7. The predicted molar refractivity (Wildman–Crippen MR) is 165 cm³/mol. The Labute approximate surface area is 234 Å². The Bertz CT molecular complexity index is 1630. The maximum atomic E-state index is 10.0. The third-order valence-corrected chi connectivity index (χ3v) is 7.12. The van der Waals surface area contributed by atoms with Crippen molar-refractivity contribution in [2.24, 2.45) is 0 Å². The number of phenols is 2. The van der Waals surface area contributed by atoms with Crippen molar-refractivity contribution in [3.05, 3.63) is 180 Å². The van der Waals surface area contributed by atoms with E-state index in [1.807, 2.05) is 36.4 Å². The minimum atomic E-state index is 0.240. The lowest BCUT2D eigenvalue weighted by Gasteiger charge is -2.23. The second-order valence-electron chi connectivity index (χ2n) is 9.67. The van der Waals surface area contributed by atoms with Gasteiger partial charge in [-0.3, -0.25) is 0 Å². The molecular weight excluding hydrogens is 488 g/mol. The Kier molecular flexibility index (Phi) is 6.98. The summed E-state index contributed by atoms with van der Waals surface area (Å²) in [7, 11) is 0. The molecular formula is C38H28O2. The molecule has 0 saturated heterocycles. The third kappa shape index (κ3) is 5.03. The summed E-state index contributed by atoms with van der Waals surface area (Å²) in [5.41, 5.74) is 10.8. The van der Waals surface area contributed by atoms with E-state index in [0.29, 0.717) is 0 Å². The van der Waals surface area contributed by atoms with Crippen molar-refractivity contribution in [2.45, 2.75) is 0 Å². The zero-order valence-corrected chi connectivity index (χ0v) is 21.9. The van der Waals surface area contributed by atoms with Crippen LogP contribution in [0.2, 0.25) is 0 Å². The molecule has 0 aliphatic carbocycles. The molecule has 2 nitrogen and oxygen atoms in total. The molecule has 40 heavy (non-hydrogen) atoms. The van der Waals surface area contributed by atoms with Crippen LogP contribution >= 0.6 is 0 Å². The zero-order chi connectivity index (χ0) is 27.3. The first-order valence-corrected chi connectivity index (χ1v) is 13.3. The summed E-state index contributed by atoms with van der Waals surface area (Å²) < 4.78 is 0. The Hall–Kier alpha value is -5.34. The van der Waals surface area contributed by atoms with Gasteiger partial charge in [-0.05, 0) is 79.9 Å². The number of aromatic hydroxyl groups is 2. The molecule has 0 aromatic heterocycles. The van der Waals surface area contributed by atoms with Crippen molar-refractivity contribution in [2.75, 3.05) is 0 Å². The molecule has 0 aliphatic rings. The van der Waals surface area contributed by atoms with Crippen molar-refractivity contribution in [3.8, 4) is 33.8 Å². The van der Waals surface area contributed by atoms with Gasteiger partial charge in [-0.1, -0.05) is 133 Å². The van der Waals surface area contributed by atoms with Gasteiger partial charge in [0.1, 0.15) is 11.5 Å². The third-order valence-electron chi connectivity index (χ3n) is 7.12. The number of hydrogen-bond donors (Lipinski definition) is 2. The van der Waals surface area contributed by atoms with Crippen molar-refractivity contribution >= 4 is 11.1 Å². The largest absolute Gasteiger partial charge is 0.508 e. The molecule has 0 fully saturated rings. The molecule has 0 atom stereocenters. The lowest BCUT2D eigenvalue weighted by molar-refractivity contribution is 0.475. The highest BCUT2D eigenvalue weighted by Crippen LogP contribution is 2.44. The van der Waals surface area contributed by atoms with E-state index in [1.54, 1.807) is 24.3 Å². The molecule has 0 amide bonds. The minimum Gasteiger partial charge on any atom is -0.508 e. The smallest absolute Gasteiger partial charge is 0.115 e. The molecule has 0 unspecified atom stereocenters. The van der Waals surface area contributed by atoms with Gasteiger partial charge in [0.25, 0.3) is 0 Å². The molecule has 6 rings (SSSR count). The fourth-order valence-electron chi connectivity index (χ4n) is 5.27. The number of phenolic OH excluding ortho intramolecular Hbond substituents is 2. The Morgan fingerprint density at radius 1 is 0.325 bits per heavy atom. The molecule has 0 bridgehead atoms. The van der Waals surface area contributed by atoms with Crippen molar-refractivity contribution in [1.29, 1.82) is 0 Å². The molecule has 0 heterocycles. The zero-order valence-electron chi connectivity index (χ0n) is 21.9. The van der Waals surface area contributed by atoms with E-state index >= 15 is 0 Å². The van der Waals surface area contributed by atoms with Gasteiger partial charge in [-0.15, -0.1) is 0 Å². The molecule has 0 radical (unpaired) electrons. The average Bonchev–Trinajstić information content (AvgIpc) is 3.02. The summed E-state index contributed by atoms with van der Waals surface area (Å²) in [6.45, 7) is 0. The van der Waals surface area contributed by atoms with Gasteiger partial charge in [0, 0.05) is 0 Å². The van der Waals surface area contributed by atoms with Crippen LogP contribution < -0.4 is 0 Å². The van der Waals surface area contributed by atoms with Crippen LogP contribution in [-0.2, 0) is 0 Å². The van der Waals surface area contributed by atoms with Gasteiger partial charge in [-0.25, -0.2) is 0 Å². The van der Waals surface area contributed by atoms with E-state index in [2.05, 4.69) is 97.1 Å². The van der Waals surface area contributed by atoms with E-state index < -0.39 is 0 Å². The minimum absolute atomic E-state index is 0.240.